The highest BCUT2D eigenvalue weighted by atomic mass is 15.3. The predicted molar refractivity (Wildman–Crippen MR) is 285 cm³/mol. The fourth-order valence-electron chi connectivity index (χ4n) is 11.3. The smallest absolute Gasteiger partial charge is 0.164 e. The Hall–Kier alpha value is -8.67. The molecule has 0 fully saturated rings. The minimum atomic E-state index is -0.255. The summed E-state index contributed by atoms with van der Waals surface area (Å²) in [4.78, 5) is 18.5. The van der Waals surface area contributed by atoms with Crippen molar-refractivity contribution in [3.63, 3.8) is 0 Å². The van der Waals surface area contributed by atoms with Gasteiger partial charge < -0.3 is 9.47 Å². The number of nitrogens with zero attached hydrogens (tertiary/aromatic N) is 5. The molecule has 0 saturated heterocycles. The van der Waals surface area contributed by atoms with Gasteiger partial charge in [0.25, 0.3) is 0 Å². The van der Waals surface area contributed by atoms with Crippen LogP contribution < -0.4 is 4.90 Å². The number of aromatic nitrogens is 4. The van der Waals surface area contributed by atoms with Crippen LogP contribution in [0.15, 0.2) is 243 Å². The molecule has 3 aliphatic rings. The molecule has 0 spiro atoms. The van der Waals surface area contributed by atoms with Gasteiger partial charge in [-0.2, -0.15) is 0 Å². The Morgan fingerprint density at radius 3 is 1.77 bits per heavy atom. The van der Waals surface area contributed by atoms with Crippen molar-refractivity contribution in [2.24, 2.45) is 0 Å². The van der Waals surface area contributed by atoms with Gasteiger partial charge in [0.2, 0.25) is 0 Å². The van der Waals surface area contributed by atoms with E-state index in [1.165, 1.54) is 33.2 Å². The topological polar surface area (TPSA) is 46.8 Å². The lowest BCUT2D eigenvalue weighted by atomic mass is 9.72. The van der Waals surface area contributed by atoms with Crippen molar-refractivity contribution < 1.29 is 0 Å². The molecule has 0 N–H and O–H groups in total. The third-order valence-electron chi connectivity index (χ3n) is 14.4. The second kappa shape index (κ2) is 16.6. The fraction of sp³-hybridized carbons (Fsp3) is 0.0781. The molecule has 2 aromatic heterocycles. The Morgan fingerprint density at radius 2 is 1.04 bits per heavy atom. The highest BCUT2D eigenvalue weighted by Crippen LogP contribution is 2.57. The van der Waals surface area contributed by atoms with Crippen LogP contribution in [0.2, 0.25) is 0 Å². The molecular formula is C64H47N5. The summed E-state index contributed by atoms with van der Waals surface area (Å²) in [5.41, 5.74) is 15.5. The van der Waals surface area contributed by atoms with Gasteiger partial charge in [-0.1, -0.05) is 194 Å². The number of allylic oxidation sites excluding steroid dienone is 4. The Balaban J connectivity index is 0.968. The van der Waals surface area contributed by atoms with Gasteiger partial charge in [0.05, 0.1) is 28.3 Å². The van der Waals surface area contributed by atoms with Crippen LogP contribution in [-0.4, -0.2) is 31.1 Å². The molecule has 3 unspecified atom stereocenters. The Kier molecular flexibility index (Phi) is 9.76. The fourth-order valence-corrected chi connectivity index (χ4v) is 11.3. The summed E-state index contributed by atoms with van der Waals surface area (Å²) in [6.07, 6.45) is 16.9. The molecule has 69 heavy (non-hydrogen) atoms. The summed E-state index contributed by atoms with van der Waals surface area (Å²) in [6, 6.07) is 71.9. The van der Waals surface area contributed by atoms with E-state index in [0.29, 0.717) is 17.5 Å². The summed E-state index contributed by atoms with van der Waals surface area (Å²) in [6.45, 7) is 2.40. The van der Waals surface area contributed by atoms with Crippen molar-refractivity contribution in [2.45, 2.75) is 30.8 Å². The second-order valence-electron chi connectivity index (χ2n) is 18.5. The number of para-hydroxylation sites is 3. The molecule has 328 valence electrons. The number of anilines is 1. The molecule has 13 rings (SSSR count). The van der Waals surface area contributed by atoms with Gasteiger partial charge in [-0.05, 0) is 95.3 Å². The maximum Gasteiger partial charge on any atom is 0.164 e. The zero-order valence-corrected chi connectivity index (χ0v) is 38.2. The van der Waals surface area contributed by atoms with Crippen LogP contribution in [-0.2, 0) is 0 Å². The molecule has 5 heteroatoms. The van der Waals surface area contributed by atoms with Crippen LogP contribution in [0.5, 0.6) is 0 Å². The van der Waals surface area contributed by atoms with Crippen molar-refractivity contribution in [1.29, 1.82) is 0 Å². The lowest BCUT2D eigenvalue weighted by Crippen LogP contribution is -2.50. The van der Waals surface area contributed by atoms with Gasteiger partial charge in [-0.15, -0.1) is 0 Å². The van der Waals surface area contributed by atoms with Gasteiger partial charge in [-0.3, -0.25) is 0 Å². The van der Waals surface area contributed by atoms with Crippen LogP contribution >= 0.6 is 0 Å². The first kappa shape index (κ1) is 40.6. The monoisotopic (exact) mass is 885 g/mol. The maximum absolute atomic E-state index is 5.38. The van der Waals surface area contributed by atoms with E-state index in [0.717, 1.165) is 62.1 Å². The average Bonchev–Trinajstić information content (AvgIpc) is 3.90. The molecular weight excluding hydrogens is 839 g/mol. The van der Waals surface area contributed by atoms with E-state index >= 15 is 0 Å². The van der Waals surface area contributed by atoms with Gasteiger partial charge >= 0.3 is 0 Å². The molecule has 1 aliphatic heterocycles. The third kappa shape index (κ3) is 6.88. The molecule has 0 bridgehead atoms. The standard InChI is InChI=1S/C64H47N5/c1-64-39-19-33-51(60(64)54-32-13-16-36-59(54)69(64)50-28-9-4-10-29-50)46-25-18-27-48(41-46)62-65-61(44-22-7-3-8-23-44)66-63(67-62)49-37-38-58(68-56-34-14-11-30-52(56)53-31-12-15-35-57(53)68)55(42-49)47-26-17-24-45(40-47)43-20-5-2-6-21-43/h2-28,30-42,50,60H,29H2,1H3. The van der Waals surface area contributed by atoms with Crippen molar-refractivity contribution >= 4 is 33.1 Å². The Bertz CT molecular complexity index is 3690. The lowest BCUT2D eigenvalue weighted by Gasteiger charge is -2.45. The zero-order chi connectivity index (χ0) is 45.9. The molecule has 2 aliphatic carbocycles. The predicted octanol–water partition coefficient (Wildman–Crippen LogP) is 15.5. The van der Waals surface area contributed by atoms with Gasteiger partial charge in [-0.25, -0.2) is 15.0 Å². The molecule has 3 atom stereocenters. The zero-order valence-electron chi connectivity index (χ0n) is 38.2. The highest BCUT2D eigenvalue weighted by molar-refractivity contribution is 6.10. The maximum atomic E-state index is 5.38. The molecule has 5 nitrogen and oxygen atoms in total. The summed E-state index contributed by atoms with van der Waals surface area (Å²) < 4.78 is 2.41. The minimum Gasteiger partial charge on any atom is -0.355 e. The molecule has 8 aromatic carbocycles. The van der Waals surface area contributed by atoms with Crippen molar-refractivity contribution in [3.8, 4) is 62.1 Å². The van der Waals surface area contributed by atoms with E-state index in [4.69, 9.17) is 15.0 Å². The third-order valence-corrected chi connectivity index (χ3v) is 14.4. The molecule has 3 heterocycles. The van der Waals surface area contributed by atoms with E-state index in [2.05, 4.69) is 241 Å². The van der Waals surface area contributed by atoms with Crippen LogP contribution in [0.4, 0.5) is 5.69 Å². The van der Waals surface area contributed by atoms with Gasteiger partial charge in [0, 0.05) is 44.6 Å². The van der Waals surface area contributed by atoms with Gasteiger partial charge in [0.15, 0.2) is 17.5 Å². The van der Waals surface area contributed by atoms with Crippen molar-refractivity contribution in [2.75, 3.05) is 4.90 Å². The Morgan fingerprint density at radius 1 is 0.464 bits per heavy atom. The number of fused-ring (bicyclic) bond motifs is 6. The first-order valence-corrected chi connectivity index (χ1v) is 23.9. The van der Waals surface area contributed by atoms with E-state index < -0.39 is 0 Å². The van der Waals surface area contributed by atoms with E-state index in [9.17, 15) is 0 Å². The summed E-state index contributed by atoms with van der Waals surface area (Å²) in [5, 5.41) is 2.44. The SMILES string of the molecule is CC12C=CC=C(c3cccc(-c4nc(-c5ccccc5)nc(-c5ccc(-n6c7ccccc7c7ccccc76)c(-c6cccc(-c7ccccc7)c6)c5)n4)c3)C1c1ccccc1N2C1C=CC=CC1. The molecule has 0 saturated carbocycles. The second-order valence-corrected chi connectivity index (χ2v) is 18.5. The lowest BCUT2D eigenvalue weighted by molar-refractivity contribution is 0.476. The number of benzene rings is 8. The number of hydrogen-bond donors (Lipinski definition) is 0. The molecule has 0 radical (unpaired) electrons. The Labute approximate surface area is 402 Å². The van der Waals surface area contributed by atoms with Crippen LogP contribution in [0.25, 0.3) is 89.5 Å². The summed E-state index contributed by atoms with van der Waals surface area (Å²) >= 11 is 0. The number of hydrogen-bond acceptors (Lipinski definition) is 4. The van der Waals surface area contributed by atoms with Crippen molar-refractivity contribution in [1.82, 2.24) is 19.5 Å². The number of rotatable bonds is 8. The quantitative estimate of drug-likeness (QED) is 0.153. The van der Waals surface area contributed by atoms with E-state index in [-0.39, 0.29) is 17.5 Å². The first-order valence-electron chi connectivity index (χ1n) is 23.9. The molecule has 0 amide bonds. The van der Waals surface area contributed by atoms with E-state index in [1.807, 2.05) is 18.2 Å². The summed E-state index contributed by atoms with van der Waals surface area (Å²) in [5.74, 6) is 2.00. The summed E-state index contributed by atoms with van der Waals surface area (Å²) in [7, 11) is 0. The van der Waals surface area contributed by atoms with Crippen LogP contribution in [0, 0.1) is 0 Å². The minimum absolute atomic E-state index is 0.133. The van der Waals surface area contributed by atoms with Crippen LogP contribution in [0.3, 0.4) is 0 Å². The van der Waals surface area contributed by atoms with Crippen LogP contribution in [0.1, 0.15) is 30.4 Å². The molecule has 10 aromatic rings. The normalized spacial score (nSPS) is 18.1. The highest BCUT2D eigenvalue weighted by Gasteiger charge is 2.51. The average molecular weight is 886 g/mol. The van der Waals surface area contributed by atoms with E-state index in [1.54, 1.807) is 0 Å². The largest absolute Gasteiger partial charge is 0.355 e. The first-order chi connectivity index (χ1) is 34.1. The van der Waals surface area contributed by atoms with Crippen molar-refractivity contribution in [3.05, 3.63) is 254 Å². The van der Waals surface area contributed by atoms with Gasteiger partial charge in [0.1, 0.15) is 0 Å².